The van der Waals surface area contributed by atoms with Gasteiger partial charge in [0, 0.05) is 11.0 Å². The zero-order valence-electron chi connectivity index (χ0n) is 9.21. The van der Waals surface area contributed by atoms with Crippen LogP contribution in [-0.2, 0) is 6.54 Å². The Morgan fingerprint density at radius 2 is 2.24 bits per heavy atom. The molecule has 1 saturated carbocycles. The molecule has 0 saturated heterocycles. The molecule has 1 aromatic carbocycles. The van der Waals surface area contributed by atoms with E-state index in [0.717, 1.165) is 16.7 Å². The first-order valence-corrected chi connectivity index (χ1v) is 6.44. The summed E-state index contributed by atoms with van der Waals surface area (Å²) in [5.74, 6) is 0.651. The van der Waals surface area contributed by atoms with Crippen LogP contribution >= 0.6 is 15.9 Å². The molecule has 1 aliphatic carbocycles. The second-order valence-corrected chi connectivity index (χ2v) is 5.30. The predicted octanol–water partition coefficient (Wildman–Crippen LogP) is 2.21. The second-order valence-electron chi connectivity index (χ2n) is 4.39. The van der Waals surface area contributed by atoms with Crippen molar-refractivity contribution >= 4 is 15.9 Å². The molecule has 0 spiro atoms. The first-order chi connectivity index (χ1) is 8.24. The Hall–Kier alpha value is -1.36. The molecule has 0 aliphatic heterocycles. The molecular formula is C12H12BrN3O. The Morgan fingerprint density at radius 3 is 2.94 bits per heavy atom. The van der Waals surface area contributed by atoms with Gasteiger partial charge in [0.15, 0.2) is 0 Å². The van der Waals surface area contributed by atoms with Gasteiger partial charge in [-0.3, -0.25) is 0 Å². The Balaban J connectivity index is 1.97. The summed E-state index contributed by atoms with van der Waals surface area (Å²) < 4.78 is 4.09. The van der Waals surface area contributed by atoms with E-state index < -0.39 is 0 Å². The number of hydrogen-bond acceptors (Lipinski definition) is 2. The van der Waals surface area contributed by atoms with Gasteiger partial charge in [0.05, 0.1) is 5.69 Å². The summed E-state index contributed by atoms with van der Waals surface area (Å²) in [5.41, 5.74) is 0.779. The van der Waals surface area contributed by atoms with E-state index in [4.69, 9.17) is 0 Å². The van der Waals surface area contributed by atoms with Gasteiger partial charge in [0.2, 0.25) is 0 Å². The number of nitrogens with zero attached hydrogens (tertiary/aromatic N) is 3. The van der Waals surface area contributed by atoms with E-state index in [-0.39, 0.29) is 5.69 Å². The van der Waals surface area contributed by atoms with E-state index in [0.29, 0.717) is 5.92 Å². The topological polar surface area (TPSA) is 39.8 Å². The van der Waals surface area contributed by atoms with Crippen molar-refractivity contribution in [3.63, 3.8) is 0 Å². The average molecular weight is 294 g/mol. The van der Waals surface area contributed by atoms with Gasteiger partial charge < -0.3 is 0 Å². The van der Waals surface area contributed by atoms with Crippen molar-refractivity contribution in [3.8, 4) is 5.69 Å². The van der Waals surface area contributed by atoms with Crippen LogP contribution in [0.25, 0.3) is 5.69 Å². The third kappa shape index (κ3) is 2.20. The van der Waals surface area contributed by atoms with Gasteiger partial charge in [0.25, 0.3) is 0 Å². The van der Waals surface area contributed by atoms with Crippen molar-refractivity contribution < 1.29 is 0 Å². The summed E-state index contributed by atoms with van der Waals surface area (Å²) in [6.45, 7) is 0.750. The van der Waals surface area contributed by atoms with Gasteiger partial charge >= 0.3 is 5.69 Å². The second kappa shape index (κ2) is 4.14. The summed E-state index contributed by atoms with van der Waals surface area (Å²) in [5, 5.41) is 4.15. The minimum atomic E-state index is -0.0602. The number of aromatic nitrogens is 3. The molecule has 3 rings (SSSR count). The highest BCUT2D eigenvalue weighted by Gasteiger charge is 2.23. The maximum absolute atomic E-state index is 12.1. The van der Waals surface area contributed by atoms with Gasteiger partial charge in [-0.25, -0.2) is 14.0 Å². The summed E-state index contributed by atoms with van der Waals surface area (Å²) in [6, 6.07) is 7.65. The zero-order valence-corrected chi connectivity index (χ0v) is 10.8. The molecule has 0 N–H and O–H groups in total. The first-order valence-electron chi connectivity index (χ1n) is 5.64. The van der Waals surface area contributed by atoms with Crippen LogP contribution < -0.4 is 5.69 Å². The third-order valence-corrected chi connectivity index (χ3v) is 3.44. The van der Waals surface area contributed by atoms with Crippen molar-refractivity contribution in [2.45, 2.75) is 19.4 Å². The molecule has 0 unspecified atom stereocenters. The quantitative estimate of drug-likeness (QED) is 0.870. The SMILES string of the molecule is O=c1n(-c2cccc(Br)c2)cnn1CC1CC1. The van der Waals surface area contributed by atoms with Crippen molar-refractivity contribution in [1.29, 1.82) is 0 Å². The molecule has 0 bridgehead atoms. The van der Waals surface area contributed by atoms with E-state index in [1.807, 2.05) is 24.3 Å². The minimum Gasteiger partial charge on any atom is -0.250 e. The number of rotatable bonds is 3. The highest BCUT2D eigenvalue weighted by Crippen LogP contribution is 2.29. The number of halogens is 1. The molecule has 1 aromatic heterocycles. The van der Waals surface area contributed by atoms with Crippen LogP contribution in [0.4, 0.5) is 0 Å². The molecule has 0 atom stereocenters. The minimum absolute atomic E-state index is 0.0602. The van der Waals surface area contributed by atoms with Crippen LogP contribution in [0.5, 0.6) is 0 Å². The normalized spacial score (nSPS) is 15.1. The van der Waals surface area contributed by atoms with Crippen molar-refractivity contribution in [1.82, 2.24) is 14.3 Å². The monoisotopic (exact) mass is 293 g/mol. The molecule has 1 fully saturated rings. The largest absolute Gasteiger partial charge is 0.350 e. The molecule has 5 heteroatoms. The highest BCUT2D eigenvalue weighted by molar-refractivity contribution is 9.10. The van der Waals surface area contributed by atoms with E-state index in [1.165, 1.54) is 12.8 Å². The van der Waals surface area contributed by atoms with Crippen molar-refractivity contribution in [2.24, 2.45) is 5.92 Å². The lowest BCUT2D eigenvalue weighted by Gasteiger charge is -2.00. The number of hydrogen-bond donors (Lipinski definition) is 0. The van der Waals surface area contributed by atoms with Gasteiger partial charge in [-0.1, -0.05) is 22.0 Å². The number of benzene rings is 1. The Morgan fingerprint density at radius 1 is 1.41 bits per heavy atom. The van der Waals surface area contributed by atoms with Gasteiger partial charge in [0.1, 0.15) is 6.33 Å². The summed E-state index contributed by atoms with van der Waals surface area (Å²) in [6.07, 6.45) is 4.03. The predicted molar refractivity (Wildman–Crippen MR) is 68.2 cm³/mol. The van der Waals surface area contributed by atoms with E-state index in [9.17, 15) is 4.79 Å². The fourth-order valence-corrected chi connectivity index (χ4v) is 2.20. The summed E-state index contributed by atoms with van der Waals surface area (Å²) >= 11 is 3.40. The lowest BCUT2D eigenvalue weighted by atomic mass is 10.3. The fraction of sp³-hybridized carbons (Fsp3) is 0.333. The Bertz CT molecular complexity index is 598. The van der Waals surface area contributed by atoms with E-state index in [2.05, 4.69) is 21.0 Å². The maximum atomic E-state index is 12.1. The smallest absolute Gasteiger partial charge is 0.250 e. The molecule has 1 aliphatic rings. The van der Waals surface area contributed by atoms with Gasteiger partial charge in [-0.05, 0) is 37.0 Å². The zero-order chi connectivity index (χ0) is 11.8. The maximum Gasteiger partial charge on any atom is 0.350 e. The third-order valence-electron chi connectivity index (χ3n) is 2.95. The molecule has 17 heavy (non-hydrogen) atoms. The molecule has 0 radical (unpaired) electrons. The molecule has 1 heterocycles. The molecule has 4 nitrogen and oxygen atoms in total. The van der Waals surface area contributed by atoms with Crippen LogP contribution in [0.2, 0.25) is 0 Å². The van der Waals surface area contributed by atoms with E-state index in [1.54, 1.807) is 15.6 Å². The lowest BCUT2D eigenvalue weighted by Crippen LogP contribution is -2.24. The van der Waals surface area contributed by atoms with Crippen LogP contribution in [0, 0.1) is 5.92 Å². The highest BCUT2D eigenvalue weighted by atomic mass is 79.9. The molecule has 0 amide bonds. The van der Waals surface area contributed by atoms with Crippen LogP contribution in [0.15, 0.2) is 39.9 Å². The molecular weight excluding hydrogens is 282 g/mol. The Kier molecular flexibility index (Phi) is 2.63. The van der Waals surface area contributed by atoms with Crippen molar-refractivity contribution in [2.75, 3.05) is 0 Å². The Labute approximate surface area is 107 Å². The van der Waals surface area contributed by atoms with Gasteiger partial charge in [-0.15, -0.1) is 0 Å². The van der Waals surface area contributed by atoms with Gasteiger partial charge in [-0.2, -0.15) is 5.10 Å². The van der Waals surface area contributed by atoms with Crippen LogP contribution in [0.3, 0.4) is 0 Å². The first kappa shape index (κ1) is 10.8. The average Bonchev–Trinajstić information content (AvgIpc) is 3.04. The lowest BCUT2D eigenvalue weighted by molar-refractivity contribution is 0.542. The summed E-state index contributed by atoms with van der Waals surface area (Å²) in [7, 11) is 0. The van der Waals surface area contributed by atoms with Crippen LogP contribution in [-0.4, -0.2) is 14.3 Å². The van der Waals surface area contributed by atoms with Crippen LogP contribution in [0.1, 0.15) is 12.8 Å². The van der Waals surface area contributed by atoms with E-state index >= 15 is 0 Å². The summed E-state index contributed by atoms with van der Waals surface area (Å²) in [4.78, 5) is 12.1. The van der Waals surface area contributed by atoms with Crippen molar-refractivity contribution in [3.05, 3.63) is 45.5 Å². The standard InChI is InChI=1S/C12H12BrN3O/c13-10-2-1-3-11(6-10)15-8-14-16(12(15)17)7-9-4-5-9/h1-3,6,8-9H,4-5,7H2. The molecule has 88 valence electrons. The fourth-order valence-electron chi connectivity index (χ4n) is 1.81. The molecule has 2 aromatic rings.